The molecule has 0 spiro atoms. The SMILES string of the molecule is CCOC(=O)c1cc2c(n1Cc1ccc(Br)cc1)-c1nc(NS(=O)(=O)c3ccccc3)ncc1CC2. The first kappa shape index (κ1) is 24.2. The van der Waals surface area contributed by atoms with Gasteiger partial charge in [0.15, 0.2) is 0 Å². The second-order valence-corrected chi connectivity index (χ2v) is 10.9. The van der Waals surface area contributed by atoms with Crippen molar-refractivity contribution >= 4 is 37.9 Å². The number of hydrogen-bond donors (Lipinski definition) is 1. The zero-order valence-electron chi connectivity index (χ0n) is 19.4. The number of carbonyl (C=O) groups is 1. The number of rotatable bonds is 7. The monoisotopic (exact) mass is 566 g/mol. The average molecular weight is 567 g/mol. The van der Waals surface area contributed by atoms with Crippen LogP contribution in [0.2, 0.25) is 0 Å². The number of hydrogen-bond acceptors (Lipinski definition) is 6. The number of sulfonamides is 1. The van der Waals surface area contributed by atoms with Gasteiger partial charge in [0.25, 0.3) is 10.0 Å². The van der Waals surface area contributed by atoms with Gasteiger partial charge < -0.3 is 9.30 Å². The van der Waals surface area contributed by atoms with Crippen LogP contribution in [0.15, 0.2) is 76.2 Å². The number of fused-ring (bicyclic) bond motifs is 3. The van der Waals surface area contributed by atoms with Crippen molar-refractivity contribution in [2.45, 2.75) is 31.2 Å². The molecule has 0 radical (unpaired) electrons. The number of halogens is 1. The fourth-order valence-electron chi connectivity index (χ4n) is 4.28. The molecule has 0 atom stereocenters. The number of ether oxygens (including phenoxy) is 1. The van der Waals surface area contributed by atoms with Crippen molar-refractivity contribution in [3.05, 3.63) is 93.7 Å². The maximum atomic E-state index is 12.9. The fourth-order valence-corrected chi connectivity index (χ4v) is 5.51. The van der Waals surface area contributed by atoms with Crippen molar-refractivity contribution in [3.8, 4) is 11.4 Å². The van der Waals surface area contributed by atoms with E-state index in [0.717, 1.165) is 26.9 Å². The molecule has 36 heavy (non-hydrogen) atoms. The number of aromatic nitrogens is 3. The topological polar surface area (TPSA) is 103 Å². The summed E-state index contributed by atoms with van der Waals surface area (Å²) in [4.78, 5) is 21.9. The van der Waals surface area contributed by atoms with E-state index in [0.29, 0.717) is 30.8 Å². The van der Waals surface area contributed by atoms with Gasteiger partial charge in [-0.25, -0.2) is 27.9 Å². The van der Waals surface area contributed by atoms with Gasteiger partial charge in [-0.15, -0.1) is 0 Å². The Morgan fingerprint density at radius 1 is 1.08 bits per heavy atom. The van der Waals surface area contributed by atoms with Crippen molar-refractivity contribution in [3.63, 3.8) is 0 Å². The van der Waals surface area contributed by atoms with Crippen molar-refractivity contribution in [2.75, 3.05) is 11.3 Å². The quantitative estimate of drug-likeness (QED) is 0.321. The van der Waals surface area contributed by atoms with Crippen LogP contribution in [-0.2, 0) is 34.1 Å². The molecule has 10 heteroatoms. The lowest BCUT2D eigenvalue weighted by atomic mass is 9.95. The molecular weight excluding hydrogens is 544 g/mol. The van der Waals surface area contributed by atoms with Crippen LogP contribution in [0.4, 0.5) is 5.95 Å². The summed E-state index contributed by atoms with van der Waals surface area (Å²) >= 11 is 3.46. The molecule has 1 aliphatic carbocycles. The highest BCUT2D eigenvalue weighted by molar-refractivity contribution is 9.10. The van der Waals surface area contributed by atoms with E-state index in [1.165, 1.54) is 12.1 Å². The Hall–Kier alpha value is -3.50. The van der Waals surface area contributed by atoms with E-state index in [2.05, 4.69) is 30.6 Å². The molecule has 0 saturated carbocycles. The van der Waals surface area contributed by atoms with Gasteiger partial charge >= 0.3 is 5.97 Å². The third kappa shape index (κ3) is 4.78. The predicted molar refractivity (Wildman–Crippen MR) is 139 cm³/mol. The van der Waals surface area contributed by atoms with E-state index >= 15 is 0 Å². The number of carbonyl (C=O) groups excluding carboxylic acids is 1. The average Bonchev–Trinajstić information content (AvgIpc) is 3.25. The first-order chi connectivity index (χ1) is 17.4. The highest BCUT2D eigenvalue weighted by atomic mass is 79.9. The van der Waals surface area contributed by atoms with Crippen molar-refractivity contribution in [1.82, 2.24) is 14.5 Å². The third-order valence-corrected chi connectivity index (χ3v) is 7.82. The molecule has 4 aromatic rings. The van der Waals surface area contributed by atoms with E-state index in [-0.39, 0.29) is 17.5 Å². The highest BCUT2D eigenvalue weighted by Crippen LogP contribution is 2.36. The Bertz CT molecular complexity index is 1530. The van der Waals surface area contributed by atoms with Gasteiger partial charge in [0.05, 0.1) is 22.9 Å². The van der Waals surface area contributed by atoms with Crippen molar-refractivity contribution < 1.29 is 17.9 Å². The lowest BCUT2D eigenvalue weighted by Crippen LogP contribution is -2.18. The first-order valence-electron chi connectivity index (χ1n) is 11.4. The van der Waals surface area contributed by atoms with Crippen LogP contribution in [0, 0.1) is 0 Å². The zero-order valence-corrected chi connectivity index (χ0v) is 21.8. The van der Waals surface area contributed by atoms with E-state index in [1.54, 1.807) is 31.3 Å². The molecule has 5 rings (SSSR count). The Labute approximate surface area is 217 Å². The first-order valence-corrected chi connectivity index (χ1v) is 13.7. The Balaban J connectivity index is 1.59. The number of esters is 1. The molecule has 2 heterocycles. The summed E-state index contributed by atoms with van der Waals surface area (Å²) in [7, 11) is -3.86. The van der Waals surface area contributed by atoms with Crippen LogP contribution < -0.4 is 4.72 Å². The number of aryl methyl sites for hydroxylation is 2. The lowest BCUT2D eigenvalue weighted by Gasteiger charge is -2.20. The van der Waals surface area contributed by atoms with Crippen molar-refractivity contribution in [2.24, 2.45) is 0 Å². The summed E-state index contributed by atoms with van der Waals surface area (Å²) in [6.07, 6.45) is 3.04. The van der Waals surface area contributed by atoms with Crippen LogP contribution in [0.25, 0.3) is 11.4 Å². The minimum atomic E-state index is -3.86. The number of nitrogens with one attached hydrogen (secondary N) is 1. The molecule has 2 aromatic carbocycles. The largest absolute Gasteiger partial charge is 0.461 e. The summed E-state index contributed by atoms with van der Waals surface area (Å²) in [5, 5.41) is 0. The summed E-state index contributed by atoms with van der Waals surface area (Å²) in [6, 6.07) is 17.8. The minimum Gasteiger partial charge on any atom is -0.461 e. The van der Waals surface area contributed by atoms with E-state index in [9.17, 15) is 13.2 Å². The molecule has 0 amide bonds. The van der Waals surface area contributed by atoms with Gasteiger partial charge in [-0.05, 0) is 66.8 Å². The maximum Gasteiger partial charge on any atom is 0.354 e. The molecule has 8 nitrogen and oxygen atoms in total. The van der Waals surface area contributed by atoms with Crippen molar-refractivity contribution in [1.29, 1.82) is 0 Å². The van der Waals surface area contributed by atoms with Crippen LogP contribution in [0.5, 0.6) is 0 Å². The standard InChI is InChI=1S/C26H23BrN4O4S/c1-2-35-25(32)22-14-18-10-11-19-15-28-26(30-36(33,34)21-6-4-3-5-7-21)29-23(19)24(18)31(22)16-17-8-12-20(27)13-9-17/h3-9,12-15H,2,10-11,16H2,1H3,(H,28,29,30). The number of nitrogens with zero attached hydrogens (tertiary/aromatic N) is 3. The maximum absolute atomic E-state index is 12.9. The molecular formula is C26H23BrN4O4S. The van der Waals surface area contributed by atoms with E-state index in [1.807, 2.05) is 34.9 Å². The molecule has 2 aromatic heterocycles. The van der Waals surface area contributed by atoms with Gasteiger partial charge in [-0.1, -0.05) is 46.3 Å². The predicted octanol–water partition coefficient (Wildman–Crippen LogP) is 4.83. The van der Waals surface area contributed by atoms with Gasteiger partial charge in [0, 0.05) is 17.2 Å². The van der Waals surface area contributed by atoms with E-state index in [4.69, 9.17) is 4.74 Å². The Morgan fingerprint density at radius 3 is 2.53 bits per heavy atom. The summed E-state index contributed by atoms with van der Waals surface area (Å²) in [6.45, 7) is 2.45. The van der Waals surface area contributed by atoms with Crippen LogP contribution in [0.3, 0.4) is 0 Å². The molecule has 0 unspecified atom stereocenters. The minimum absolute atomic E-state index is 0.0282. The number of anilines is 1. The van der Waals surface area contributed by atoms with Gasteiger partial charge in [-0.2, -0.15) is 0 Å². The molecule has 0 saturated heterocycles. The smallest absolute Gasteiger partial charge is 0.354 e. The van der Waals surface area contributed by atoms with Gasteiger partial charge in [0.2, 0.25) is 5.95 Å². The second-order valence-electron chi connectivity index (χ2n) is 8.32. The molecule has 0 bridgehead atoms. The lowest BCUT2D eigenvalue weighted by molar-refractivity contribution is 0.0514. The molecule has 1 N–H and O–H groups in total. The summed E-state index contributed by atoms with van der Waals surface area (Å²) in [5.41, 5.74) is 4.64. The second kappa shape index (κ2) is 9.87. The van der Waals surface area contributed by atoms with Crippen LogP contribution in [-0.4, -0.2) is 35.5 Å². The van der Waals surface area contributed by atoms with Gasteiger partial charge in [0.1, 0.15) is 5.69 Å². The molecule has 184 valence electrons. The highest BCUT2D eigenvalue weighted by Gasteiger charge is 2.28. The molecule has 0 aliphatic heterocycles. The zero-order chi connectivity index (χ0) is 25.3. The van der Waals surface area contributed by atoms with Crippen LogP contribution >= 0.6 is 15.9 Å². The summed E-state index contributed by atoms with van der Waals surface area (Å²) in [5.74, 6) is -0.441. The fraction of sp³-hybridized carbons (Fsp3) is 0.192. The molecule has 1 aliphatic rings. The Morgan fingerprint density at radius 2 is 1.81 bits per heavy atom. The number of benzene rings is 2. The third-order valence-electron chi connectivity index (χ3n) is 5.95. The Kier molecular flexibility index (Phi) is 6.63. The summed E-state index contributed by atoms with van der Waals surface area (Å²) < 4.78 is 36.4. The van der Waals surface area contributed by atoms with Crippen LogP contribution in [0.1, 0.15) is 34.1 Å². The van der Waals surface area contributed by atoms with E-state index < -0.39 is 16.0 Å². The normalized spacial score (nSPS) is 12.5. The molecule has 0 fully saturated rings. The van der Waals surface area contributed by atoms with Gasteiger partial charge in [-0.3, -0.25) is 0 Å².